The molecule has 2 aromatic carbocycles. The number of phenols is 1. The summed E-state index contributed by atoms with van der Waals surface area (Å²) < 4.78 is 23.3. The average Bonchev–Trinajstić information content (AvgIpc) is 3.32. The molecule has 4 heterocycles. The summed E-state index contributed by atoms with van der Waals surface area (Å²) in [4.78, 5) is 21.7. The van der Waals surface area contributed by atoms with Gasteiger partial charge in [0, 0.05) is 82.2 Å². The van der Waals surface area contributed by atoms with Crippen molar-refractivity contribution in [3.63, 3.8) is 0 Å². The first kappa shape index (κ1) is 26.6. The largest absolute Gasteiger partial charge is 0.507 e. The third-order valence-electron chi connectivity index (χ3n) is 7.94. The van der Waals surface area contributed by atoms with Gasteiger partial charge in [0.1, 0.15) is 17.4 Å². The summed E-state index contributed by atoms with van der Waals surface area (Å²) in [5.74, 6) is 0.268. The number of aromatic nitrogens is 3. The van der Waals surface area contributed by atoms with E-state index in [0.29, 0.717) is 39.0 Å². The van der Waals surface area contributed by atoms with E-state index in [1.54, 1.807) is 49.9 Å². The van der Waals surface area contributed by atoms with Crippen LogP contribution in [0.5, 0.6) is 5.75 Å². The molecule has 208 valence electrons. The Morgan fingerprint density at radius 3 is 2.33 bits per heavy atom. The molecule has 0 aliphatic carbocycles. The van der Waals surface area contributed by atoms with Crippen LogP contribution in [0.4, 0.5) is 10.2 Å². The van der Waals surface area contributed by atoms with Crippen LogP contribution in [-0.2, 0) is 11.8 Å². The predicted molar refractivity (Wildman–Crippen MR) is 154 cm³/mol. The van der Waals surface area contributed by atoms with Gasteiger partial charge in [0.25, 0.3) is 0 Å². The van der Waals surface area contributed by atoms with Gasteiger partial charge in [-0.3, -0.25) is 9.47 Å². The third-order valence-corrected chi connectivity index (χ3v) is 8.24. The molecule has 0 bridgehead atoms. The number of hydrogen-bond acceptors (Lipinski definition) is 6. The molecule has 10 heteroatoms. The van der Waals surface area contributed by atoms with Crippen molar-refractivity contribution >= 4 is 17.4 Å². The molecule has 4 aromatic rings. The van der Waals surface area contributed by atoms with Crippen molar-refractivity contribution in [2.75, 3.05) is 44.3 Å². The minimum Gasteiger partial charge on any atom is -0.507 e. The summed E-state index contributed by atoms with van der Waals surface area (Å²) >= 11 is 6.54. The second-order valence-electron chi connectivity index (χ2n) is 10.3. The van der Waals surface area contributed by atoms with Gasteiger partial charge in [-0.1, -0.05) is 17.7 Å². The smallest absolute Gasteiger partial charge is 0.332 e. The molecule has 0 atom stereocenters. The lowest BCUT2D eigenvalue weighted by molar-refractivity contribution is 0.0321. The minimum absolute atomic E-state index is 0.0522. The number of anilines is 1. The number of phenolic OH excluding ortho intramolecular Hbond substituents is 1. The molecule has 0 spiro atoms. The Bertz CT molecular complexity index is 1590. The molecular weight excluding hydrogens is 533 g/mol. The van der Waals surface area contributed by atoms with Crippen molar-refractivity contribution in [1.82, 2.24) is 19.0 Å². The molecule has 8 nitrogen and oxygen atoms in total. The SMILES string of the molecule is Cn1ccn(-c2ccc(-c3cc(F)cc(-c4ccnc(N5CCN(C6CCOCC6)CC5)c4)c3O)cc2Cl)c1=O. The van der Waals surface area contributed by atoms with Crippen molar-refractivity contribution in [2.45, 2.75) is 18.9 Å². The highest BCUT2D eigenvalue weighted by Gasteiger charge is 2.26. The number of ether oxygens (including phenoxy) is 1. The van der Waals surface area contributed by atoms with Crippen LogP contribution in [0.25, 0.3) is 27.9 Å². The molecular formula is C30H31ClFN5O3. The van der Waals surface area contributed by atoms with Crippen LogP contribution in [0.3, 0.4) is 0 Å². The maximum atomic E-state index is 14.9. The maximum absolute atomic E-state index is 14.9. The van der Waals surface area contributed by atoms with E-state index in [1.807, 2.05) is 6.07 Å². The van der Waals surface area contributed by atoms with Gasteiger partial charge < -0.3 is 19.3 Å². The second-order valence-corrected chi connectivity index (χ2v) is 10.8. The quantitative estimate of drug-likeness (QED) is 0.379. The number of rotatable bonds is 5. The van der Waals surface area contributed by atoms with Gasteiger partial charge in [0.05, 0.1) is 10.7 Å². The van der Waals surface area contributed by atoms with Gasteiger partial charge in [0.15, 0.2) is 0 Å². The lowest BCUT2D eigenvalue weighted by Crippen LogP contribution is -2.51. The topological polar surface area (TPSA) is 75.8 Å². The molecule has 2 aromatic heterocycles. The van der Waals surface area contributed by atoms with Crippen molar-refractivity contribution in [1.29, 1.82) is 0 Å². The summed E-state index contributed by atoms with van der Waals surface area (Å²) in [5, 5.41) is 11.6. The van der Waals surface area contributed by atoms with E-state index in [2.05, 4.69) is 14.8 Å². The van der Waals surface area contributed by atoms with Crippen LogP contribution in [0.1, 0.15) is 12.8 Å². The molecule has 6 rings (SSSR count). The Morgan fingerprint density at radius 2 is 1.68 bits per heavy atom. The van der Waals surface area contributed by atoms with Gasteiger partial charge in [-0.25, -0.2) is 14.2 Å². The molecule has 0 unspecified atom stereocenters. The Kier molecular flexibility index (Phi) is 7.35. The maximum Gasteiger partial charge on any atom is 0.332 e. The van der Waals surface area contributed by atoms with Gasteiger partial charge in [-0.15, -0.1) is 0 Å². The van der Waals surface area contributed by atoms with Crippen LogP contribution in [-0.4, -0.2) is 69.6 Å². The minimum atomic E-state index is -0.481. The number of piperazine rings is 1. The van der Waals surface area contributed by atoms with Gasteiger partial charge in [-0.05, 0) is 60.4 Å². The normalized spacial score (nSPS) is 16.9. The highest BCUT2D eigenvalue weighted by Crippen LogP contribution is 2.41. The first-order chi connectivity index (χ1) is 19.4. The van der Waals surface area contributed by atoms with Crippen molar-refractivity contribution in [3.8, 4) is 33.7 Å². The fourth-order valence-electron chi connectivity index (χ4n) is 5.68. The fraction of sp³-hybridized carbons (Fsp3) is 0.333. The van der Waals surface area contributed by atoms with Crippen LogP contribution < -0.4 is 10.6 Å². The number of nitrogens with zero attached hydrogens (tertiary/aromatic N) is 5. The Hall–Kier alpha value is -3.66. The zero-order chi connectivity index (χ0) is 27.8. The Morgan fingerprint density at radius 1 is 0.975 bits per heavy atom. The molecule has 0 radical (unpaired) electrons. The van der Waals surface area contributed by atoms with E-state index >= 15 is 0 Å². The lowest BCUT2D eigenvalue weighted by Gasteiger charge is -2.41. The Labute approximate surface area is 236 Å². The number of imidazole rings is 1. The van der Waals surface area contributed by atoms with Crippen molar-refractivity contribution < 1.29 is 14.2 Å². The van der Waals surface area contributed by atoms with Gasteiger partial charge in [-0.2, -0.15) is 0 Å². The monoisotopic (exact) mass is 563 g/mol. The summed E-state index contributed by atoms with van der Waals surface area (Å²) in [6, 6.07) is 11.9. The van der Waals surface area contributed by atoms with E-state index in [1.165, 1.54) is 21.3 Å². The molecule has 40 heavy (non-hydrogen) atoms. The standard InChI is InChI=1S/C30H31ClFN5O3/c1-34-8-13-37(30(34)39)27-3-2-20(16-26(27)31)24-18-22(32)19-25(29(24)38)21-4-7-33-28(17-21)36-11-9-35(10-12-36)23-5-14-40-15-6-23/h2-4,7-8,13,16-19,23,38H,5-6,9-12,14-15H2,1H3. The van der Waals surface area contributed by atoms with Crippen LogP contribution >= 0.6 is 11.6 Å². The van der Waals surface area contributed by atoms with Crippen LogP contribution in [0.15, 0.2) is 65.8 Å². The summed E-state index contributed by atoms with van der Waals surface area (Å²) in [6.45, 7) is 5.27. The number of hydrogen-bond donors (Lipinski definition) is 1. The highest BCUT2D eigenvalue weighted by atomic mass is 35.5. The molecule has 2 aliphatic rings. The average molecular weight is 564 g/mol. The zero-order valence-corrected chi connectivity index (χ0v) is 23.0. The van der Waals surface area contributed by atoms with E-state index < -0.39 is 5.82 Å². The third kappa shape index (κ3) is 5.12. The van der Waals surface area contributed by atoms with E-state index in [4.69, 9.17) is 16.3 Å². The van der Waals surface area contributed by atoms with Crippen molar-refractivity contribution in [3.05, 3.63) is 82.4 Å². The first-order valence-corrected chi connectivity index (χ1v) is 13.9. The van der Waals surface area contributed by atoms with E-state index in [9.17, 15) is 14.3 Å². The summed E-state index contributed by atoms with van der Waals surface area (Å²) in [6.07, 6.45) is 7.13. The highest BCUT2D eigenvalue weighted by molar-refractivity contribution is 6.32. The second kappa shape index (κ2) is 11.1. The van der Waals surface area contributed by atoms with Gasteiger partial charge in [0.2, 0.25) is 0 Å². The molecule has 2 fully saturated rings. The number of benzene rings is 2. The zero-order valence-electron chi connectivity index (χ0n) is 22.3. The number of pyridine rings is 1. The Balaban J connectivity index is 1.26. The fourth-order valence-corrected chi connectivity index (χ4v) is 5.95. The van der Waals surface area contributed by atoms with Gasteiger partial charge >= 0.3 is 5.69 Å². The lowest BCUT2D eigenvalue weighted by atomic mass is 9.97. The molecule has 0 saturated carbocycles. The summed E-state index contributed by atoms with van der Waals surface area (Å²) in [7, 11) is 1.66. The molecule has 0 amide bonds. The van der Waals surface area contributed by atoms with E-state index in [-0.39, 0.29) is 11.4 Å². The van der Waals surface area contributed by atoms with Crippen LogP contribution in [0.2, 0.25) is 5.02 Å². The number of aryl methyl sites for hydroxylation is 1. The molecule has 2 aliphatic heterocycles. The number of aromatic hydroxyl groups is 1. The van der Waals surface area contributed by atoms with Crippen molar-refractivity contribution in [2.24, 2.45) is 7.05 Å². The number of halogens is 2. The van der Waals surface area contributed by atoms with E-state index in [0.717, 1.165) is 58.1 Å². The first-order valence-electron chi connectivity index (χ1n) is 13.5. The predicted octanol–water partition coefficient (Wildman–Crippen LogP) is 4.70. The van der Waals surface area contributed by atoms with Crippen LogP contribution in [0, 0.1) is 5.82 Å². The summed E-state index contributed by atoms with van der Waals surface area (Å²) in [5.41, 5.74) is 2.17. The molecule has 2 saturated heterocycles. The molecule has 1 N–H and O–H groups in total.